The molecule has 4 unspecified atom stereocenters. The maximum Gasteiger partial charge on any atom is 0.490 e. The molecule has 2 rings (SSSR count). The minimum absolute atomic E-state index is 0.220. The normalized spacial score (nSPS) is 29.3. The van der Waals surface area contributed by atoms with Gasteiger partial charge in [0.2, 0.25) is 0 Å². The number of nitrogens with zero attached hydrogens (tertiary/aromatic N) is 1. The van der Waals surface area contributed by atoms with Gasteiger partial charge in [-0.15, -0.1) is 0 Å². The van der Waals surface area contributed by atoms with Crippen molar-refractivity contribution in [3.63, 3.8) is 0 Å². The van der Waals surface area contributed by atoms with E-state index in [1.165, 1.54) is 0 Å². The van der Waals surface area contributed by atoms with Crippen LogP contribution in [0.5, 0.6) is 0 Å². The van der Waals surface area contributed by atoms with Crippen LogP contribution in [-0.4, -0.2) is 59.2 Å². The van der Waals surface area contributed by atoms with E-state index in [4.69, 9.17) is 31.6 Å². The van der Waals surface area contributed by atoms with Crippen LogP contribution in [0.15, 0.2) is 17.1 Å². The lowest BCUT2D eigenvalue weighted by Crippen LogP contribution is -2.30. The SMILES string of the molecule is O=c1ccn([C@H]2O[C@@H](COP(=O)(O)OP(=O)(O)OP(=O)(O)O)C(F)C2O)c(=S)[nH]1. The molecule has 0 saturated carbocycles. The van der Waals surface area contributed by atoms with Gasteiger partial charge in [0.05, 0.1) is 6.61 Å². The highest BCUT2D eigenvalue weighted by molar-refractivity contribution is 7.71. The van der Waals surface area contributed by atoms with Crippen molar-refractivity contribution in [3.05, 3.63) is 27.4 Å². The Morgan fingerprint density at radius 3 is 2.38 bits per heavy atom. The van der Waals surface area contributed by atoms with E-state index in [-0.39, 0.29) is 4.77 Å². The van der Waals surface area contributed by atoms with Crippen LogP contribution in [0, 0.1) is 4.77 Å². The van der Waals surface area contributed by atoms with Gasteiger partial charge < -0.3 is 29.4 Å². The fourth-order valence-corrected chi connectivity index (χ4v) is 5.47. The third-order valence-electron chi connectivity index (χ3n) is 3.23. The maximum absolute atomic E-state index is 14.2. The smallest absolute Gasteiger partial charge is 0.385 e. The molecule has 1 aromatic heterocycles. The Bertz CT molecular complexity index is 1010. The number of aromatic amines is 1. The minimum atomic E-state index is -5.73. The number of phosphoric acid groups is 3. The van der Waals surface area contributed by atoms with Crippen LogP contribution < -0.4 is 5.56 Å². The van der Waals surface area contributed by atoms with Crippen molar-refractivity contribution in [1.82, 2.24) is 9.55 Å². The van der Waals surface area contributed by atoms with Gasteiger partial charge in [-0.2, -0.15) is 8.62 Å². The Morgan fingerprint density at radius 2 is 1.83 bits per heavy atom. The third-order valence-corrected chi connectivity index (χ3v) is 7.35. The number of aliphatic hydroxyl groups is 1. The van der Waals surface area contributed by atoms with Crippen molar-refractivity contribution in [3.8, 4) is 0 Å². The number of aliphatic hydroxyl groups excluding tert-OH is 1. The molecule has 6 atom stereocenters. The Hall–Kier alpha value is -0.640. The summed E-state index contributed by atoms with van der Waals surface area (Å²) in [6.07, 6.45) is -6.09. The molecule has 15 nitrogen and oxygen atoms in total. The molecule has 1 saturated heterocycles. The third kappa shape index (κ3) is 6.94. The van der Waals surface area contributed by atoms with Crippen molar-refractivity contribution in [2.45, 2.75) is 24.6 Å². The fourth-order valence-electron chi connectivity index (χ4n) is 2.17. The highest BCUT2D eigenvalue weighted by Crippen LogP contribution is 2.66. The van der Waals surface area contributed by atoms with E-state index in [0.717, 1.165) is 16.8 Å². The maximum atomic E-state index is 14.2. The zero-order valence-electron chi connectivity index (χ0n) is 13.7. The first kappa shape index (κ1) is 24.6. The molecule has 29 heavy (non-hydrogen) atoms. The summed E-state index contributed by atoms with van der Waals surface area (Å²) in [6, 6.07) is 1.01. The van der Waals surface area contributed by atoms with Gasteiger partial charge in [0, 0.05) is 12.3 Å². The molecule has 1 aromatic rings. The Morgan fingerprint density at radius 1 is 1.21 bits per heavy atom. The zero-order chi connectivity index (χ0) is 22.2. The lowest BCUT2D eigenvalue weighted by atomic mass is 10.1. The number of halogens is 1. The van der Waals surface area contributed by atoms with Crippen molar-refractivity contribution >= 4 is 35.7 Å². The van der Waals surface area contributed by atoms with E-state index < -0.39 is 60.2 Å². The van der Waals surface area contributed by atoms with Crippen molar-refractivity contribution in [2.75, 3.05) is 6.61 Å². The average molecular weight is 502 g/mol. The van der Waals surface area contributed by atoms with Gasteiger partial charge in [0.1, 0.15) is 12.2 Å². The van der Waals surface area contributed by atoms with Crippen LogP contribution in [0.3, 0.4) is 0 Å². The van der Waals surface area contributed by atoms with Gasteiger partial charge in [-0.3, -0.25) is 18.9 Å². The number of hydrogen-bond acceptors (Lipinski definition) is 10. The second kappa shape index (κ2) is 8.85. The number of rotatable bonds is 8. The number of phosphoric ester groups is 1. The molecule has 0 aliphatic carbocycles. The van der Waals surface area contributed by atoms with Crippen LogP contribution in [0.1, 0.15) is 6.23 Å². The van der Waals surface area contributed by atoms with Crippen LogP contribution in [-0.2, 0) is 31.6 Å². The first-order valence-corrected chi connectivity index (χ1v) is 12.1. The molecule has 1 fully saturated rings. The van der Waals surface area contributed by atoms with E-state index >= 15 is 0 Å². The fraction of sp³-hybridized carbons (Fsp3) is 0.556. The first-order chi connectivity index (χ1) is 13.1. The zero-order valence-corrected chi connectivity index (χ0v) is 17.2. The molecule has 6 N–H and O–H groups in total. The molecule has 1 aliphatic rings. The summed E-state index contributed by atoms with van der Waals surface area (Å²) < 4.78 is 64.9. The van der Waals surface area contributed by atoms with Gasteiger partial charge in [-0.1, -0.05) is 0 Å². The highest BCUT2D eigenvalue weighted by atomic mass is 32.1. The van der Waals surface area contributed by atoms with E-state index in [1.54, 1.807) is 0 Å². The van der Waals surface area contributed by atoms with Crippen LogP contribution >= 0.6 is 35.7 Å². The monoisotopic (exact) mass is 502 g/mol. The van der Waals surface area contributed by atoms with Crippen molar-refractivity contribution in [2.24, 2.45) is 0 Å². The molecular formula is C9H14FN2O13P3S. The summed E-state index contributed by atoms with van der Waals surface area (Å²) in [5, 5.41) is 9.95. The van der Waals surface area contributed by atoms with E-state index in [0.29, 0.717) is 0 Å². The number of H-pyrrole nitrogens is 1. The van der Waals surface area contributed by atoms with E-state index in [1.807, 2.05) is 0 Å². The van der Waals surface area contributed by atoms with Gasteiger partial charge in [0.15, 0.2) is 17.2 Å². The molecule has 0 bridgehead atoms. The van der Waals surface area contributed by atoms with Crippen molar-refractivity contribution in [1.29, 1.82) is 0 Å². The molecule has 0 amide bonds. The standard InChI is InChI=1S/C9H14FN2O13P3S/c10-6-4(3-22-27(18,19)25-28(20,21)24-26(15,16)17)23-8(7(6)14)12-2-1-5(13)11-9(12)29/h1-2,4,6-8,14H,3H2,(H,18,19)(H,20,21)(H,11,13,29)(H2,15,16,17)/t4-,6?,7?,8-/m0/s1. The number of aromatic nitrogens is 2. The predicted octanol–water partition coefficient (Wildman–Crippen LogP) is -0.154. The predicted molar refractivity (Wildman–Crippen MR) is 90.5 cm³/mol. The molecule has 2 heterocycles. The summed E-state index contributed by atoms with van der Waals surface area (Å²) in [7, 11) is -16.8. The molecular weight excluding hydrogens is 488 g/mol. The summed E-state index contributed by atoms with van der Waals surface area (Å²) in [4.78, 5) is 48.6. The molecule has 20 heteroatoms. The number of nitrogens with one attached hydrogen (secondary N) is 1. The van der Waals surface area contributed by atoms with Gasteiger partial charge in [0.25, 0.3) is 5.56 Å². The topological polar surface area (TPSA) is 227 Å². The second-order valence-corrected chi connectivity index (χ2v) is 10.2. The average Bonchev–Trinajstić information content (AvgIpc) is 2.78. The van der Waals surface area contributed by atoms with Crippen LogP contribution in [0.2, 0.25) is 0 Å². The van der Waals surface area contributed by atoms with Gasteiger partial charge in [-0.25, -0.2) is 18.1 Å². The summed E-state index contributed by atoms with van der Waals surface area (Å²) in [6.45, 7) is -1.10. The number of ether oxygens (including phenoxy) is 1. The van der Waals surface area contributed by atoms with E-state index in [9.17, 15) is 32.9 Å². The van der Waals surface area contributed by atoms with Crippen LogP contribution in [0.25, 0.3) is 0 Å². The van der Waals surface area contributed by atoms with Gasteiger partial charge in [-0.05, 0) is 12.2 Å². The number of alkyl halides is 1. The molecule has 0 aromatic carbocycles. The highest BCUT2D eigenvalue weighted by Gasteiger charge is 2.47. The van der Waals surface area contributed by atoms with Crippen LogP contribution in [0.4, 0.5) is 4.39 Å². The largest absolute Gasteiger partial charge is 0.490 e. The summed E-state index contributed by atoms with van der Waals surface area (Å²) in [5.74, 6) is 0. The lowest BCUT2D eigenvalue weighted by Gasteiger charge is -2.19. The molecule has 166 valence electrons. The lowest BCUT2D eigenvalue weighted by molar-refractivity contribution is -0.0521. The minimum Gasteiger partial charge on any atom is -0.385 e. The second-order valence-electron chi connectivity index (χ2n) is 5.40. The molecule has 0 radical (unpaired) electrons. The first-order valence-electron chi connectivity index (χ1n) is 7.18. The van der Waals surface area contributed by atoms with E-state index in [2.05, 4.69) is 18.1 Å². The quantitative estimate of drug-likeness (QED) is 0.201. The number of hydrogen-bond donors (Lipinski definition) is 6. The molecule has 1 aliphatic heterocycles. The Kier molecular flexibility index (Phi) is 7.51. The molecule has 0 spiro atoms. The Balaban J connectivity index is 2.06. The Labute approximate surface area is 165 Å². The van der Waals surface area contributed by atoms with Gasteiger partial charge >= 0.3 is 23.5 Å². The summed E-state index contributed by atoms with van der Waals surface area (Å²) >= 11 is 4.85. The summed E-state index contributed by atoms with van der Waals surface area (Å²) in [5.41, 5.74) is -0.570. The van der Waals surface area contributed by atoms with Crippen molar-refractivity contribution < 1.29 is 60.6 Å².